The van der Waals surface area contributed by atoms with Crippen LogP contribution in [0.1, 0.15) is 13.3 Å². The van der Waals surface area contributed by atoms with Crippen LogP contribution in [0.25, 0.3) is 0 Å². The lowest BCUT2D eigenvalue weighted by atomic mass is 10.2. The molecule has 58 valence electrons. The number of rotatable bonds is 4. The molecule has 10 heavy (non-hydrogen) atoms. The summed E-state index contributed by atoms with van der Waals surface area (Å²) in [5.74, 6) is 0. The topological polar surface area (TPSA) is 50.9 Å². The number of nitrogens with one attached hydrogen (secondary N) is 2. The predicted molar refractivity (Wildman–Crippen MR) is 44.3 cm³/mol. The van der Waals surface area contributed by atoms with Gasteiger partial charge in [-0.25, -0.2) is 0 Å². The largest absolute Gasteiger partial charge is 0.304 e. The summed E-state index contributed by atoms with van der Waals surface area (Å²) in [6, 6.07) is 0. The molecule has 0 saturated heterocycles. The van der Waals surface area contributed by atoms with Crippen molar-refractivity contribution in [3.05, 3.63) is 0 Å². The van der Waals surface area contributed by atoms with Crippen molar-refractivity contribution in [1.29, 1.82) is 10.8 Å². The van der Waals surface area contributed by atoms with Crippen molar-refractivity contribution in [2.24, 2.45) is 0 Å². The Kier molecular flexibility index (Phi) is 3.88. The smallest absolute Gasteiger partial charge is 0.0661 e. The van der Waals surface area contributed by atoms with Crippen LogP contribution in [0, 0.1) is 10.8 Å². The van der Waals surface area contributed by atoms with E-state index in [1.807, 2.05) is 25.9 Å². The molecule has 3 heteroatoms. The van der Waals surface area contributed by atoms with Gasteiger partial charge in [0.2, 0.25) is 0 Å². The van der Waals surface area contributed by atoms with Crippen molar-refractivity contribution in [3.8, 4) is 0 Å². The summed E-state index contributed by atoms with van der Waals surface area (Å²) in [6.07, 6.45) is 0.659. The Balaban J connectivity index is 3.74. The summed E-state index contributed by atoms with van der Waals surface area (Å²) >= 11 is 0. The molecular weight excluding hydrogens is 126 g/mol. The minimum atomic E-state index is 0.424. The van der Waals surface area contributed by atoms with Crippen LogP contribution in [0.4, 0.5) is 0 Å². The van der Waals surface area contributed by atoms with Crippen molar-refractivity contribution in [2.45, 2.75) is 13.3 Å². The van der Waals surface area contributed by atoms with E-state index in [1.54, 1.807) is 0 Å². The Morgan fingerprint density at radius 3 is 2.00 bits per heavy atom. The first-order valence-electron chi connectivity index (χ1n) is 3.37. The van der Waals surface area contributed by atoms with Crippen molar-refractivity contribution in [2.75, 3.05) is 20.6 Å². The first kappa shape index (κ1) is 9.30. The van der Waals surface area contributed by atoms with Gasteiger partial charge in [-0.2, -0.15) is 0 Å². The Hall–Kier alpha value is -0.700. The van der Waals surface area contributed by atoms with Gasteiger partial charge in [0.15, 0.2) is 0 Å². The van der Waals surface area contributed by atoms with Crippen molar-refractivity contribution >= 4 is 11.4 Å². The summed E-state index contributed by atoms with van der Waals surface area (Å²) < 4.78 is 0. The molecule has 0 bridgehead atoms. The zero-order valence-corrected chi connectivity index (χ0v) is 6.86. The van der Waals surface area contributed by atoms with E-state index < -0.39 is 0 Å². The van der Waals surface area contributed by atoms with Crippen LogP contribution in [-0.2, 0) is 0 Å². The van der Waals surface area contributed by atoms with Gasteiger partial charge in [0.05, 0.1) is 11.4 Å². The van der Waals surface area contributed by atoms with Crippen molar-refractivity contribution in [1.82, 2.24) is 4.90 Å². The highest BCUT2D eigenvalue weighted by Crippen LogP contribution is 1.86. The summed E-state index contributed by atoms with van der Waals surface area (Å²) in [6.45, 7) is 2.47. The van der Waals surface area contributed by atoms with E-state index in [0.717, 1.165) is 0 Å². The van der Waals surface area contributed by atoms with E-state index in [0.29, 0.717) is 24.4 Å². The lowest BCUT2D eigenvalue weighted by Gasteiger charge is -2.09. The van der Waals surface area contributed by atoms with E-state index in [2.05, 4.69) is 0 Å². The van der Waals surface area contributed by atoms with E-state index >= 15 is 0 Å². The van der Waals surface area contributed by atoms with Gasteiger partial charge in [-0.3, -0.25) is 0 Å². The third-order valence-electron chi connectivity index (χ3n) is 1.19. The second-order valence-corrected chi connectivity index (χ2v) is 2.55. The molecule has 0 atom stereocenters. The molecule has 0 aromatic carbocycles. The maximum atomic E-state index is 7.36. The molecule has 0 saturated carbocycles. The predicted octanol–water partition coefficient (Wildman–Crippen LogP) is 0.998. The molecule has 0 amide bonds. The molecular formula is C7H15N3. The Bertz CT molecular complexity index is 138. The first-order chi connectivity index (χ1) is 4.57. The van der Waals surface area contributed by atoms with Crippen LogP contribution in [0.2, 0.25) is 0 Å². The molecule has 0 aliphatic carbocycles. The Labute approximate surface area is 62.1 Å². The van der Waals surface area contributed by atoms with Crippen LogP contribution in [0.15, 0.2) is 0 Å². The van der Waals surface area contributed by atoms with Gasteiger partial charge in [0.25, 0.3) is 0 Å². The first-order valence-corrected chi connectivity index (χ1v) is 3.37. The number of nitrogens with zero attached hydrogens (tertiary/aromatic N) is 1. The zero-order chi connectivity index (χ0) is 8.15. The molecule has 0 aromatic heterocycles. The van der Waals surface area contributed by atoms with Crippen LogP contribution in [-0.4, -0.2) is 37.0 Å². The van der Waals surface area contributed by atoms with Gasteiger partial charge in [-0.1, -0.05) is 6.92 Å². The zero-order valence-electron chi connectivity index (χ0n) is 6.86. The number of hydrogen-bond acceptors (Lipinski definition) is 3. The minimum Gasteiger partial charge on any atom is -0.304 e. The van der Waals surface area contributed by atoms with Crippen LogP contribution in [0.3, 0.4) is 0 Å². The monoisotopic (exact) mass is 141 g/mol. The fourth-order valence-corrected chi connectivity index (χ4v) is 0.625. The average Bonchev–Trinajstić information content (AvgIpc) is 1.85. The fraction of sp³-hybridized carbons (Fsp3) is 0.714. The maximum Gasteiger partial charge on any atom is 0.0661 e. The molecule has 0 aromatic rings. The van der Waals surface area contributed by atoms with Gasteiger partial charge in [0, 0.05) is 6.54 Å². The highest BCUT2D eigenvalue weighted by Gasteiger charge is 2.02. The van der Waals surface area contributed by atoms with Crippen molar-refractivity contribution < 1.29 is 0 Å². The van der Waals surface area contributed by atoms with E-state index in [4.69, 9.17) is 10.8 Å². The molecule has 2 N–H and O–H groups in total. The normalized spacial score (nSPS) is 10.0. The van der Waals surface area contributed by atoms with Crippen molar-refractivity contribution in [3.63, 3.8) is 0 Å². The lowest BCUT2D eigenvalue weighted by Crippen LogP contribution is -2.26. The maximum absolute atomic E-state index is 7.36. The van der Waals surface area contributed by atoms with Gasteiger partial charge in [-0.15, -0.1) is 0 Å². The van der Waals surface area contributed by atoms with Gasteiger partial charge in [-0.05, 0) is 20.5 Å². The second kappa shape index (κ2) is 4.17. The average molecular weight is 141 g/mol. The van der Waals surface area contributed by atoms with Crippen LogP contribution in [0.5, 0.6) is 0 Å². The summed E-state index contributed by atoms with van der Waals surface area (Å²) in [4.78, 5) is 1.90. The molecule has 0 rings (SSSR count). The molecule has 0 unspecified atom stereocenters. The third kappa shape index (κ3) is 3.35. The summed E-state index contributed by atoms with van der Waals surface area (Å²) in [7, 11) is 3.80. The molecule has 0 spiro atoms. The number of hydrogen-bond donors (Lipinski definition) is 2. The van der Waals surface area contributed by atoms with Gasteiger partial charge in [0.1, 0.15) is 0 Å². The van der Waals surface area contributed by atoms with E-state index in [1.165, 1.54) is 0 Å². The highest BCUT2D eigenvalue weighted by atomic mass is 15.1. The van der Waals surface area contributed by atoms with Gasteiger partial charge < -0.3 is 15.7 Å². The Morgan fingerprint density at radius 1 is 1.20 bits per heavy atom. The summed E-state index contributed by atoms with van der Waals surface area (Å²) in [5, 5.41) is 14.6. The highest BCUT2D eigenvalue weighted by molar-refractivity contribution is 6.40. The quantitative estimate of drug-likeness (QED) is 0.564. The standard InChI is InChI=1S/C7H15N3/c1-4-6(8)7(9)5-10(2)3/h8-9H,4-5H2,1-3H3. The lowest BCUT2D eigenvalue weighted by molar-refractivity contribution is 0.470. The van der Waals surface area contributed by atoms with Gasteiger partial charge >= 0.3 is 0 Å². The molecule has 0 aliphatic heterocycles. The minimum absolute atomic E-state index is 0.424. The third-order valence-corrected chi connectivity index (χ3v) is 1.19. The molecule has 3 nitrogen and oxygen atoms in total. The molecule has 0 heterocycles. The summed E-state index contributed by atoms with van der Waals surface area (Å²) in [5.41, 5.74) is 0.862. The molecule has 0 radical (unpaired) electrons. The SMILES string of the molecule is CCC(=N)C(=N)CN(C)C. The molecule has 0 aliphatic rings. The van der Waals surface area contributed by atoms with E-state index in [9.17, 15) is 0 Å². The second-order valence-electron chi connectivity index (χ2n) is 2.55. The Morgan fingerprint density at radius 2 is 1.70 bits per heavy atom. The molecule has 0 fully saturated rings. The van der Waals surface area contributed by atoms with Crippen LogP contribution >= 0.6 is 0 Å². The van der Waals surface area contributed by atoms with Crippen LogP contribution < -0.4 is 0 Å². The fourth-order valence-electron chi connectivity index (χ4n) is 0.625. The van der Waals surface area contributed by atoms with E-state index in [-0.39, 0.29) is 0 Å².